The largest absolute Gasteiger partial charge is 0.480 e. The van der Waals surface area contributed by atoms with Crippen molar-refractivity contribution in [2.24, 2.45) is 0 Å². The van der Waals surface area contributed by atoms with Crippen LogP contribution in [0.15, 0.2) is 0 Å². The first-order valence-electron chi connectivity index (χ1n) is 4.93. The normalized spacial score (nSPS) is 20.0. The summed E-state index contributed by atoms with van der Waals surface area (Å²) in [5.74, 6) is -0.952. The molecule has 1 amide bonds. The molecule has 16 heavy (non-hydrogen) atoms. The molecule has 1 fully saturated rings. The van der Waals surface area contributed by atoms with E-state index in [4.69, 9.17) is 5.11 Å². The van der Waals surface area contributed by atoms with Crippen LogP contribution in [0.1, 0.15) is 18.7 Å². The Kier molecular flexibility index (Phi) is 2.80. The molecule has 1 unspecified atom stereocenters. The summed E-state index contributed by atoms with van der Waals surface area (Å²) in [6, 6.07) is -0.709. The van der Waals surface area contributed by atoms with Crippen LogP contribution >= 0.6 is 0 Å². The van der Waals surface area contributed by atoms with Gasteiger partial charge in [0, 0.05) is 6.54 Å². The fourth-order valence-corrected chi connectivity index (χ4v) is 1.82. The third-order valence-corrected chi connectivity index (χ3v) is 2.56. The second-order valence-corrected chi connectivity index (χ2v) is 3.59. The first kappa shape index (κ1) is 10.5. The third-order valence-electron chi connectivity index (χ3n) is 2.56. The van der Waals surface area contributed by atoms with Crippen molar-refractivity contribution >= 4 is 11.9 Å². The number of hydrogen-bond donors (Lipinski definition) is 2. The lowest BCUT2D eigenvalue weighted by Crippen LogP contribution is -2.41. The van der Waals surface area contributed by atoms with Gasteiger partial charge in [-0.2, -0.15) is 5.21 Å². The zero-order valence-electron chi connectivity index (χ0n) is 8.46. The zero-order valence-corrected chi connectivity index (χ0v) is 8.46. The van der Waals surface area contributed by atoms with Crippen molar-refractivity contribution in [3.63, 3.8) is 0 Å². The summed E-state index contributed by atoms with van der Waals surface area (Å²) in [4.78, 5) is 24.0. The molecule has 1 aromatic rings. The smallest absolute Gasteiger partial charge is 0.326 e. The quantitative estimate of drug-likeness (QED) is 0.669. The molecule has 8 nitrogen and oxygen atoms in total. The number of nitrogens with zero attached hydrogens (tertiary/aromatic N) is 4. The number of aliphatic carboxylic acids is 1. The summed E-state index contributed by atoms with van der Waals surface area (Å²) in [5, 5.41) is 21.8. The van der Waals surface area contributed by atoms with E-state index in [0.29, 0.717) is 13.0 Å². The molecular formula is C8H11N5O3. The summed E-state index contributed by atoms with van der Waals surface area (Å²) in [6.45, 7) is 0.480. The minimum atomic E-state index is -0.959. The van der Waals surface area contributed by atoms with Gasteiger partial charge in [-0.15, -0.1) is 10.2 Å². The van der Waals surface area contributed by atoms with E-state index in [9.17, 15) is 9.59 Å². The van der Waals surface area contributed by atoms with Crippen LogP contribution in [-0.4, -0.2) is 55.1 Å². The summed E-state index contributed by atoms with van der Waals surface area (Å²) < 4.78 is 0. The van der Waals surface area contributed by atoms with Crippen LogP contribution in [0.25, 0.3) is 0 Å². The van der Waals surface area contributed by atoms with Crippen molar-refractivity contribution in [2.75, 3.05) is 6.54 Å². The van der Waals surface area contributed by atoms with Crippen molar-refractivity contribution in [1.82, 2.24) is 25.5 Å². The van der Waals surface area contributed by atoms with Crippen molar-refractivity contribution in [3.05, 3.63) is 5.82 Å². The van der Waals surface area contributed by atoms with Gasteiger partial charge in [-0.1, -0.05) is 5.21 Å². The van der Waals surface area contributed by atoms with Gasteiger partial charge in [-0.3, -0.25) is 4.79 Å². The van der Waals surface area contributed by atoms with E-state index in [1.165, 1.54) is 4.90 Å². The van der Waals surface area contributed by atoms with Crippen LogP contribution in [0.5, 0.6) is 0 Å². The molecule has 0 bridgehead atoms. The molecule has 1 aliphatic rings. The van der Waals surface area contributed by atoms with E-state index in [1.807, 2.05) is 0 Å². The van der Waals surface area contributed by atoms with Gasteiger partial charge in [0.05, 0.1) is 6.42 Å². The topological polar surface area (TPSA) is 112 Å². The fourth-order valence-electron chi connectivity index (χ4n) is 1.82. The average Bonchev–Trinajstić information content (AvgIpc) is 2.86. The molecule has 1 saturated heterocycles. The number of hydrogen-bond acceptors (Lipinski definition) is 5. The standard InChI is InChI=1S/C8H11N5O3/c14-7(4-6-9-11-12-10-6)13-3-1-2-5(13)8(15)16/h5H,1-4H2,(H,15,16)(H,9,10,11,12). The Morgan fingerprint density at radius 2 is 2.38 bits per heavy atom. The third kappa shape index (κ3) is 2.00. The molecule has 1 atom stereocenters. The van der Waals surface area contributed by atoms with Crippen LogP contribution < -0.4 is 0 Å². The van der Waals surface area contributed by atoms with Gasteiger partial charge < -0.3 is 10.0 Å². The molecule has 0 aliphatic carbocycles. The first-order chi connectivity index (χ1) is 7.68. The molecule has 0 saturated carbocycles. The lowest BCUT2D eigenvalue weighted by atomic mass is 10.2. The number of rotatable bonds is 3. The highest BCUT2D eigenvalue weighted by Gasteiger charge is 2.34. The number of likely N-dealkylation sites (tertiary alicyclic amines) is 1. The number of carbonyl (C=O) groups is 2. The van der Waals surface area contributed by atoms with E-state index in [2.05, 4.69) is 20.6 Å². The van der Waals surface area contributed by atoms with E-state index in [0.717, 1.165) is 6.42 Å². The summed E-state index contributed by atoms with van der Waals surface area (Å²) >= 11 is 0. The predicted octanol–water partition coefficient (Wildman–Crippen LogP) is -1.18. The SMILES string of the molecule is O=C(O)C1CCCN1C(=O)Cc1nn[nH]n1. The number of carbonyl (C=O) groups excluding carboxylic acids is 1. The van der Waals surface area contributed by atoms with E-state index in [1.54, 1.807) is 0 Å². The van der Waals surface area contributed by atoms with Crippen molar-refractivity contribution < 1.29 is 14.7 Å². The van der Waals surface area contributed by atoms with Gasteiger partial charge in [-0.25, -0.2) is 4.79 Å². The monoisotopic (exact) mass is 225 g/mol. The summed E-state index contributed by atoms with van der Waals surface area (Å²) in [6.07, 6.45) is 1.21. The van der Waals surface area contributed by atoms with E-state index < -0.39 is 12.0 Å². The number of amides is 1. The van der Waals surface area contributed by atoms with Gasteiger partial charge in [-0.05, 0) is 12.8 Å². The van der Waals surface area contributed by atoms with Crippen molar-refractivity contribution in [3.8, 4) is 0 Å². The molecular weight excluding hydrogens is 214 g/mol. The molecule has 86 valence electrons. The minimum absolute atomic E-state index is 0.0136. The average molecular weight is 225 g/mol. The Morgan fingerprint density at radius 3 is 3.00 bits per heavy atom. The van der Waals surface area contributed by atoms with E-state index in [-0.39, 0.29) is 18.2 Å². The Bertz CT molecular complexity index is 390. The van der Waals surface area contributed by atoms with Crippen LogP contribution in [-0.2, 0) is 16.0 Å². The zero-order chi connectivity index (χ0) is 11.5. The van der Waals surface area contributed by atoms with Crippen LogP contribution in [0.2, 0.25) is 0 Å². The van der Waals surface area contributed by atoms with Gasteiger partial charge in [0.25, 0.3) is 0 Å². The second kappa shape index (κ2) is 4.25. The second-order valence-electron chi connectivity index (χ2n) is 3.59. The van der Waals surface area contributed by atoms with Crippen LogP contribution in [0.4, 0.5) is 0 Å². The Balaban J connectivity index is 2.01. The lowest BCUT2D eigenvalue weighted by Gasteiger charge is -2.20. The number of aromatic nitrogens is 4. The molecule has 0 radical (unpaired) electrons. The molecule has 0 aromatic carbocycles. The van der Waals surface area contributed by atoms with Crippen molar-refractivity contribution in [1.29, 1.82) is 0 Å². The van der Waals surface area contributed by atoms with Crippen LogP contribution in [0, 0.1) is 0 Å². The lowest BCUT2D eigenvalue weighted by molar-refractivity contribution is -0.148. The Hall–Kier alpha value is -1.99. The number of carboxylic acids is 1. The molecule has 2 N–H and O–H groups in total. The summed E-state index contributed by atoms with van der Waals surface area (Å²) in [5.41, 5.74) is 0. The highest BCUT2D eigenvalue weighted by molar-refractivity contribution is 5.85. The number of H-pyrrole nitrogens is 1. The molecule has 1 aromatic heterocycles. The highest BCUT2D eigenvalue weighted by atomic mass is 16.4. The number of aromatic amines is 1. The van der Waals surface area contributed by atoms with Crippen LogP contribution in [0.3, 0.4) is 0 Å². The van der Waals surface area contributed by atoms with Gasteiger partial charge in [0.1, 0.15) is 6.04 Å². The highest BCUT2D eigenvalue weighted by Crippen LogP contribution is 2.18. The summed E-state index contributed by atoms with van der Waals surface area (Å²) in [7, 11) is 0. The minimum Gasteiger partial charge on any atom is -0.480 e. The van der Waals surface area contributed by atoms with Gasteiger partial charge in [0.2, 0.25) is 5.91 Å². The number of carboxylic acid groups (broad SMARTS) is 1. The molecule has 2 heterocycles. The fraction of sp³-hybridized carbons (Fsp3) is 0.625. The number of tetrazole rings is 1. The molecule has 2 rings (SSSR count). The Labute approximate surface area is 90.6 Å². The van der Waals surface area contributed by atoms with Crippen molar-refractivity contribution in [2.45, 2.75) is 25.3 Å². The number of nitrogens with one attached hydrogen (secondary N) is 1. The maximum Gasteiger partial charge on any atom is 0.326 e. The van der Waals surface area contributed by atoms with E-state index >= 15 is 0 Å². The first-order valence-corrected chi connectivity index (χ1v) is 4.93. The van der Waals surface area contributed by atoms with Gasteiger partial charge in [0.15, 0.2) is 5.82 Å². The predicted molar refractivity (Wildman–Crippen MR) is 50.3 cm³/mol. The van der Waals surface area contributed by atoms with Gasteiger partial charge >= 0.3 is 5.97 Å². The maximum atomic E-state index is 11.8. The molecule has 0 spiro atoms. The molecule has 8 heteroatoms. The Morgan fingerprint density at radius 1 is 1.56 bits per heavy atom. The maximum absolute atomic E-state index is 11.8. The molecule has 1 aliphatic heterocycles.